The normalized spacial score (nSPS) is 11.7. The van der Waals surface area contributed by atoms with Gasteiger partial charge in [0.25, 0.3) is 0 Å². The molecule has 0 saturated carbocycles. The quantitative estimate of drug-likeness (QED) is 0.774. The average molecular weight is 295 g/mol. The number of hydrogen-bond donors (Lipinski definition) is 0. The van der Waals surface area contributed by atoms with Gasteiger partial charge in [-0.3, -0.25) is 9.48 Å². The van der Waals surface area contributed by atoms with Crippen LogP contribution in [0.5, 0.6) is 0 Å². The fourth-order valence-electron chi connectivity index (χ4n) is 1.19. The number of aromatic nitrogens is 2. The first-order valence-corrected chi connectivity index (χ1v) is 7.12. The first-order chi connectivity index (χ1) is 6.85. The molecule has 1 aromatic heterocycles. The Morgan fingerprint density at radius 2 is 2.20 bits per heavy atom. The summed E-state index contributed by atoms with van der Waals surface area (Å²) in [5.41, 5.74) is 0.308. The molecule has 0 spiro atoms. The zero-order valence-corrected chi connectivity index (χ0v) is 10.8. The zero-order valence-electron chi connectivity index (χ0n) is 8.40. The number of rotatable bonds is 4. The molecule has 0 radical (unpaired) electrons. The van der Waals surface area contributed by atoms with Crippen molar-refractivity contribution >= 4 is 31.6 Å². The molecule has 0 amide bonds. The number of ketones is 1. The third kappa shape index (κ3) is 3.13. The summed E-state index contributed by atoms with van der Waals surface area (Å²) in [5.74, 6) is -0.930. The third-order valence-corrected chi connectivity index (χ3v) is 3.12. The summed E-state index contributed by atoms with van der Waals surface area (Å²) >= 11 is 3.17. The molecule has 0 saturated heterocycles. The van der Waals surface area contributed by atoms with Gasteiger partial charge in [-0.1, -0.05) is 0 Å². The van der Waals surface area contributed by atoms with E-state index >= 15 is 0 Å². The number of carbonyl (C=O) groups excluding carboxylic acids is 1. The van der Waals surface area contributed by atoms with Crippen LogP contribution in [0.2, 0.25) is 0 Å². The summed E-state index contributed by atoms with van der Waals surface area (Å²) in [4.78, 5) is 11.7. The van der Waals surface area contributed by atoms with Crippen LogP contribution in [0.3, 0.4) is 0 Å². The molecule has 0 aromatic carbocycles. The van der Waals surface area contributed by atoms with Gasteiger partial charge in [0.2, 0.25) is 0 Å². The van der Waals surface area contributed by atoms with Crippen LogP contribution in [0.1, 0.15) is 17.4 Å². The van der Waals surface area contributed by atoms with Gasteiger partial charge in [0.15, 0.2) is 15.6 Å². The molecule has 0 aliphatic rings. The highest BCUT2D eigenvalue weighted by Crippen LogP contribution is 2.17. The number of aryl methyl sites for hydroxylation is 1. The van der Waals surface area contributed by atoms with Crippen molar-refractivity contribution in [3.05, 3.63) is 16.4 Å². The van der Waals surface area contributed by atoms with E-state index in [0.29, 0.717) is 16.7 Å². The molecular weight excluding hydrogens is 284 g/mol. The molecule has 1 rings (SSSR count). The van der Waals surface area contributed by atoms with Crippen LogP contribution >= 0.6 is 15.9 Å². The number of Topliss-reactive ketones (excluding diaryl/α,β-unsaturated/α-hetero) is 1. The Bertz CT molecular complexity index is 478. The van der Waals surface area contributed by atoms with Crippen molar-refractivity contribution in [3.63, 3.8) is 0 Å². The van der Waals surface area contributed by atoms with E-state index in [1.807, 2.05) is 6.92 Å². The van der Waals surface area contributed by atoms with E-state index in [1.165, 1.54) is 10.9 Å². The molecule has 0 aliphatic heterocycles. The predicted octanol–water partition coefficient (Wildman–Crippen LogP) is 0.893. The van der Waals surface area contributed by atoms with Crippen molar-refractivity contribution in [1.82, 2.24) is 9.78 Å². The fraction of sp³-hybridized carbons (Fsp3) is 0.500. The molecule has 0 unspecified atom stereocenters. The summed E-state index contributed by atoms with van der Waals surface area (Å²) in [6.45, 7) is 2.35. The van der Waals surface area contributed by atoms with E-state index < -0.39 is 21.4 Å². The van der Waals surface area contributed by atoms with Crippen molar-refractivity contribution < 1.29 is 13.2 Å². The second kappa shape index (κ2) is 4.44. The Morgan fingerprint density at radius 3 is 2.67 bits per heavy atom. The lowest BCUT2D eigenvalue weighted by atomic mass is 10.3. The van der Waals surface area contributed by atoms with Crippen LogP contribution in [0.25, 0.3) is 0 Å². The van der Waals surface area contributed by atoms with Gasteiger partial charge in [-0.25, -0.2) is 8.42 Å². The molecule has 7 heteroatoms. The van der Waals surface area contributed by atoms with E-state index in [4.69, 9.17) is 0 Å². The second-order valence-corrected chi connectivity index (χ2v) is 6.14. The maximum absolute atomic E-state index is 11.7. The van der Waals surface area contributed by atoms with Crippen LogP contribution in [0.4, 0.5) is 0 Å². The minimum Gasteiger partial charge on any atom is -0.291 e. The lowest BCUT2D eigenvalue weighted by Gasteiger charge is -2.03. The third-order valence-electron chi connectivity index (χ3n) is 1.75. The average Bonchev–Trinajstić information content (AvgIpc) is 2.43. The van der Waals surface area contributed by atoms with Gasteiger partial charge < -0.3 is 0 Å². The van der Waals surface area contributed by atoms with Crippen molar-refractivity contribution in [2.24, 2.45) is 0 Å². The Kier molecular flexibility index (Phi) is 3.67. The molecule has 0 fully saturated rings. The number of halogens is 1. The summed E-state index contributed by atoms with van der Waals surface area (Å²) < 4.78 is 24.0. The Labute approximate surface area is 96.5 Å². The van der Waals surface area contributed by atoms with E-state index in [1.54, 1.807) is 0 Å². The molecule has 15 heavy (non-hydrogen) atoms. The topological polar surface area (TPSA) is 69.0 Å². The Balaban J connectivity index is 3.05. The van der Waals surface area contributed by atoms with Gasteiger partial charge in [-0.2, -0.15) is 5.10 Å². The van der Waals surface area contributed by atoms with Gasteiger partial charge in [0, 0.05) is 12.8 Å². The number of nitrogens with zero attached hydrogens (tertiary/aromatic N) is 2. The highest BCUT2D eigenvalue weighted by molar-refractivity contribution is 9.10. The molecule has 0 bridgehead atoms. The molecule has 0 N–H and O–H groups in total. The Hall–Kier alpha value is -0.690. The summed E-state index contributed by atoms with van der Waals surface area (Å²) in [6.07, 6.45) is 2.52. The number of hydrogen-bond acceptors (Lipinski definition) is 4. The summed E-state index contributed by atoms with van der Waals surface area (Å²) in [6, 6.07) is 0. The highest BCUT2D eigenvalue weighted by Gasteiger charge is 2.20. The highest BCUT2D eigenvalue weighted by atomic mass is 79.9. The first kappa shape index (κ1) is 12.4. The lowest BCUT2D eigenvalue weighted by molar-refractivity contribution is 0.101. The maximum Gasteiger partial charge on any atom is 0.196 e. The molecule has 0 atom stereocenters. The van der Waals surface area contributed by atoms with E-state index in [-0.39, 0.29) is 0 Å². The minimum absolute atomic E-state index is 0.308. The summed E-state index contributed by atoms with van der Waals surface area (Å²) in [5, 5.41) is 3.94. The molecule has 0 aliphatic carbocycles. The minimum atomic E-state index is -3.30. The fourth-order valence-corrected chi connectivity index (χ4v) is 2.32. The molecule has 1 aromatic rings. The lowest BCUT2D eigenvalue weighted by Crippen LogP contribution is -2.19. The van der Waals surface area contributed by atoms with E-state index in [9.17, 15) is 13.2 Å². The molecule has 1 heterocycles. The predicted molar refractivity (Wildman–Crippen MR) is 59.6 cm³/mol. The largest absolute Gasteiger partial charge is 0.291 e. The number of carbonyl (C=O) groups is 1. The van der Waals surface area contributed by atoms with Crippen LogP contribution in [-0.2, 0) is 16.4 Å². The van der Waals surface area contributed by atoms with Crippen LogP contribution in [0, 0.1) is 0 Å². The van der Waals surface area contributed by atoms with Crippen LogP contribution in [0.15, 0.2) is 10.7 Å². The zero-order chi connectivity index (χ0) is 11.6. The molecule has 5 nitrogen and oxygen atoms in total. The van der Waals surface area contributed by atoms with Crippen molar-refractivity contribution in [2.45, 2.75) is 13.5 Å². The standard InChI is InChI=1S/C8H11BrN2O3S/c1-3-11-8(6(9)4-10-11)7(12)5-15(2,13)14/h4H,3,5H2,1-2H3. The van der Waals surface area contributed by atoms with Gasteiger partial charge in [-0.05, 0) is 22.9 Å². The van der Waals surface area contributed by atoms with Gasteiger partial charge >= 0.3 is 0 Å². The molecular formula is C8H11BrN2O3S. The van der Waals surface area contributed by atoms with Crippen LogP contribution in [-0.4, -0.2) is 36.0 Å². The van der Waals surface area contributed by atoms with E-state index in [2.05, 4.69) is 21.0 Å². The monoisotopic (exact) mass is 294 g/mol. The van der Waals surface area contributed by atoms with Crippen molar-refractivity contribution in [3.8, 4) is 0 Å². The van der Waals surface area contributed by atoms with Gasteiger partial charge in [0.05, 0.1) is 10.7 Å². The smallest absolute Gasteiger partial charge is 0.196 e. The van der Waals surface area contributed by atoms with Crippen molar-refractivity contribution in [2.75, 3.05) is 12.0 Å². The second-order valence-electron chi connectivity index (χ2n) is 3.15. The van der Waals surface area contributed by atoms with Gasteiger partial charge in [-0.15, -0.1) is 0 Å². The van der Waals surface area contributed by atoms with Crippen molar-refractivity contribution in [1.29, 1.82) is 0 Å². The summed E-state index contributed by atoms with van der Waals surface area (Å²) in [7, 11) is -3.30. The van der Waals surface area contributed by atoms with Crippen LogP contribution < -0.4 is 0 Å². The SMILES string of the molecule is CCn1ncc(Br)c1C(=O)CS(C)(=O)=O. The van der Waals surface area contributed by atoms with E-state index in [0.717, 1.165) is 6.26 Å². The van der Waals surface area contributed by atoms with Gasteiger partial charge in [0.1, 0.15) is 11.4 Å². The maximum atomic E-state index is 11.7. The number of sulfone groups is 1. The molecule has 84 valence electrons. The Morgan fingerprint density at radius 1 is 1.60 bits per heavy atom. The first-order valence-electron chi connectivity index (χ1n) is 4.27.